The van der Waals surface area contributed by atoms with Gasteiger partial charge in [-0.1, -0.05) is 50.1 Å². The highest BCUT2D eigenvalue weighted by molar-refractivity contribution is 6.08. The minimum Gasteiger partial charge on any atom is -0.494 e. The third-order valence-electron chi connectivity index (χ3n) is 4.27. The average molecular weight is 362 g/mol. The van der Waals surface area contributed by atoms with E-state index in [9.17, 15) is 9.18 Å². The van der Waals surface area contributed by atoms with E-state index in [2.05, 4.69) is 19.7 Å². The van der Waals surface area contributed by atoms with Crippen molar-refractivity contribution in [3.05, 3.63) is 91.5 Å². The standard InChI is InChI=1S/C23H19FO3/c1-4-15(3)26-13-12-16-6-9-20-19-11-8-18(27-22(25)5-2)14-17(19)7-10-21(20)23(16)24/h4-11,14H,1-3,12-13H2. The summed E-state index contributed by atoms with van der Waals surface area (Å²) in [4.78, 5) is 11.3. The highest BCUT2D eigenvalue weighted by Gasteiger charge is 2.11. The molecule has 0 radical (unpaired) electrons. The number of esters is 1. The first-order valence-electron chi connectivity index (χ1n) is 8.45. The van der Waals surface area contributed by atoms with Crippen LogP contribution in [0.5, 0.6) is 5.75 Å². The van der Waals surface area contributed by atoms with Crippen molar-refractivity contribution in [3.63, 3.8) is 0 Å². The van der Waals surface area contributed by atoms with Crippen molar-refractivity contribution in [3.8, 4) is 5.75 Å². The molecule has 3 aromatic carbocycles. The Morgan fingerprint density at radius 3 is 2.48 bits per heavy atom. The predicted octanol–water partition coefficient (Wildman–Crippen LogP) is 5.48. The van der Waals surface area contributed by atoms with Crippen LogP contribution in [0.15, 0.2) is 80.1 Å². The van der Waals surface area contributed by atoms with Crippen molar-refractivity contribution in [1.29, 1.82) is 0 Å². The predicted molar refractivity (Wildman–Crippen MR) is 106 cm³/mol. The van der Waals surface area contributed by atoms with Crippen LogP contribution in [0.25, 0.3) is 21.5 Å². The van der Waals surface area contributed by atoms with E-state index in [1.165, 1.54) is 6.08 Å². The highest BCUT2D eigenvalue weighted by atomic mass is 19.1. The maximum absolute atomic E-state index is 14.9. The average Bonchev–Trinajstić information content (AvgIpc) is 2.68. The molecule has 0 spiro atoms. The molecule has 0 amide bonds. The van der Waals surface area contributed by atoms with Gasteiger partial charge in [0.05, 0.1) is 6.61 Å². The minimum atomic E-state index is -0.521. The molecule has 3 rings (SSSR count). The number of ether oxygens (including phenoxy) is 2. The van der Waals surface area contributed by atoms with Crippen molar-refractivity contribution < 1.29 is 18.7 Å². The number of carbonyl (C=O) groups excluding carboxylic acids is 1. The number of hydrogen-bond acceptors (Lipinski definition) is 3. The summed E-state index contributed by atoms with van der Waals surface area (Å²) >= 11 is 0. The number of fused-ring (bicyclic) bond motifs is 3. The summed E-state index contributed by atoms with van der Waals surface area (Å²) in [5.74, 6) is 0.107. The van der Waals surface area contributed by atoms with Gasteiger partial charge in [0.15, 0.2) is 0 Å². The lowest BCUT2D eigenvalue weighted by Crippen LogP contribution is -2.02. The molecule has 0 fully saturated rings. The van der Waals surface area contributed by atoms with Gasteiger partial charge in [-0.15, -0.1) is 0 Å². The van der Waals surface area contributed by atoms with Gasteiger partial charge >= 0.3 is 5.97 Å². The highest BCUT2D eigenvalue weighted by Crippen LogP contribution is 2.31. The van der Waals surface area contributed by atoms with Crippen LogP contribution in [0.2, 0.25) is 0 Å². The molecule has 0 unspecified atom stereocenters. The van der Waals surface area contributed by atoms with E-state index in [4.69, 9.17) is 9.47 Å². The first-order chi connectivity index (χ1) is 13.0. The summed E-state index contributed by atoms with van der Waals surface area (Å²) in [6, 6.07) is 12.5. The van der Waals surface area contributed by atoms with Gasteiger partial charge < -0.3 is 9.47 Å². The van der Waals surface area contributed by atoms with E-state index >= 15 is 0 Å². The molecule has 0 N–H and O–H groups in total. The minimum absolute atomic E-state index is 0.260. The molecule has 136 valence electrons. The van der Waals surface area contributed by atoms with E-state index in [1.807, 2.05) is 18.2 Å². The van der Waals surface area contributed by atoms with Gasteiger partial charge in [-0.25, -0.2) is 9.18 Å². The van der Waals surface area contributed by atoms with Gasteiger partial charge in [-0.05, 0) is 39.9 Å². The van der Waals surface area contributed by atoms with Gasteiger partial charge in [-0.3, -0.25) is 0 Å². The topological polar surface area (TPSA) is 35.5 Å². The zero-order valence-corrected chi connectivity index (χ0v) is 14.8. The zero-order chi connectivity index (χ0) is 19.4. The summed E-state index contributed by atoms with van der Waals surface area (Å²) in [5, 5.41) is 3.08. The quantitative estimate of drug-likeness (QED) is 0.139. The Bertz CT molecular complexity index is 1070. The lowest BCUT2D eigenvalue weighted by Gasteiger charge is -2.11. The molecule has 0 saturated carbocycles. The maximum atomic E-state index is 14.9. The lowest BCUT2D eigenvalue weighted by molar-refractivity contribution is -0.128. The number of halogens is 1. The maximum Gasteiger partial charge on any atom is 0.335 e. The van der Waals surface area contributed by atoms with Gasteiger partial charge in [-0.2, -0.15) is 0 Å². The Labute approximate surface area is 157 Å². The van der Waals surface area contributed by atoms with Gasteiger partial charge in [0.2, 0.25) is 0 Å². The normalized spacial score (nSPS) is 10.6. The van der Waals surface area contributed by atoms with Crippen LogP contribution in [0.4, 0.5) is 4.39 Å². The Kier molecular flexibility index (Phi) is 5.36. The van der Waals surface area contributed by atoms with Crippen LogP contribution in [-0.2, 0) is 16.0 Å². The Hall–Kier alpha value is -3.40. The second-order valence-corrected chi connectivity index (χ2v) is 5.98. The molecule has 4 heteroatoms. The summed E-state index contributed by atoms with van der Waals surface area (Å²) in [6.45, 7) is 11.0. The van der Waals surface area contributed by atoms with Crippen LogP contribution in [0.3, 0.4) is 0 Å². The summed E-state index contributed by atoms with van der Waals surface area (Å²) < 4.78 is 25.4. The third kappa shape index (κ3) is 3.90. The van der Waals surface area contributed by atoms with Crippen LogP contribution in [-0.4, -0.2) is 12.6 Å². The van der Waals surface area contributed by atoms with Crippen molar-refractivity contribution >= 4 is 27.5 Å². The number of hydrogen-bond donors (Lipinski definition) is 0. The van der Waals surface area contributed by atoms with Crippen molar-refractivity contribution in [2.24, 2.45) is 0 Å². The van der Waals surface area contributed by atoms with Crippen LogP contribution in [0.1, 0.15) is 5.56 Å². The number of allylic oxidation sites excluding steroid dienone is 1. The van der Waals surface area contributed by atoms with E-state index in [0.29, 0.717) is 35.5 Å². The molecule has 0 saturated heterocycles. The fraction of sp³-hybridized carbons (Fsp3) is 0.0870. The first kappa shape index (κ1) is 18.4. The van der Waals surface area contributed by atoms with E-state index in [0.717, 1.165) is 22.2 Å². The first-order valence-corrected chi connectivity index (χ1v) is 8.45. The molecule has 0 heterocycles. The van der Waals surface area contributed by atoms with Gasteiger partial charge in [0.1, 0.15) is 17.3 Å². The fourth-order valence-corrected chi connectivity index (χ4v) is 2.90. The molecule has 3 aromatic rings. The molecular formula is C23H19FO3. The van der Waals surface area contributed by atoms with Crippen LogP contribution in [0, 0.1) is 5.82 Å². The second kappa shape index (κ2) is 7.87. The Morgan fingerprint density at radius 2 is 1.74 bits per heavy atom. The van der Waals surface area contributed by atoms with Crippen molar-refractivity contribution in [2.75, 3.05) is 6.61 Å². The van der Waals surface area contributed by atoms with Crippen molar-refractivity contribution in [1.82, 2.24) is 0 Å². The van der Waals surface area contributed by atoms with Crippen molar-refractivity contribution in [2.45, 2.75) is 6.42 Å². The third-order valence-corrected chi connectivity index (χ3v) is 4.27. The lowest BCUT2D eigenvalue weighted by atomic mass is 9.98. The van der Waals surface area contributed by atoms with Gasteiger partial charge in [0.25, 0.3) is 0 Å². The summed E-state index contributed by atoms with van der Waals surface area (Å²) in [7, 11) is 0. The molecule has 0 aliphatic heterocycles. The van der Waals surface area contributed by atoms with E-state index in [1.54, 1.807) is 24.3 Å². The van der Waals surface area contributed by atoms with E-state index in [-0.39, 0.29) is 5.82 Å². The number of rotatable bonds is 7. The molecule has 0 aromatic heterocycles. The smallest absolute Gasteiger partial charge is 0.335 e. The largest absolute Gasteiger partial charge is 0.494 e. The number of benzene rings is 3. The molecule has 3 nitrogen and oxygen atoms in total. The molecule has 0 bridgehead atoms. The van der Waals surface area contributed by atoms with Gasteiger partial charge in [0, 0.05) is 17.9 Å². The monoisotopic (exact) mass is 362 g/mol. The SMILES string of the molecule is C=CC(=C)OCCc1ccc2c(ccc3cc(OC(=O)C=C)ccc32)c1F. The molecule has 27 heavy (non-hydrogen) atoms. The Morgan fingerprint density at radius 1 is 1.00 bits per heavy atom. The molecule has 0 aliphatic rings. The molecule has 0 atom stereocenters. The zero-order valence-electron chi connectivity index (χ0n) is 14.8. The second-order valence-electron chi connectivity index (χ2n) is 5.98. The summed E-state index contributed by atoms with van der Waals surface area (Å²) in [5.41, 5.74) is 0.579. The van der Waals surface area contributed by atoms with Crippen LogP contribution < -0.4 is 4.74 Å². The number of carbonyl (C=O) groups is 1. The molecule has 0 aliphatic carbocycles. The fourth-order valence-electron chi connectivity index (χ4n) is 2.90. The Balaban J connectivity index is 1.94. The van der Waals surface area contributed by atoms with Crippen LogP contribution >= 0.6 is 0 Å². The summed E-state index contributed by atoms with van der Waals surface area (Å²) in [6.07, 6.45) is 3.06. The molecular weight excluding hydrogens is 343 g/mol. The van der Waals surface area contributed by atoms with E-state index < -0.39 is 5.97 Å².